The zero-order valence-electron chi connectivity index (χ0n) is 9.25. The Morgan fingerprint density at radius 2 is 2.28 bits per heavy atom. The van der Waals surface area contributed by atoms with E-state index in [4.69, 9.17) is 5.11 Å². The Morgan fingerprint density at radius 3 is 3.06 bits per heavy atom. The number of hydrogen-bond donors (Lipinski definition) is 1. The van der Waals surface area contributed by atoms with Crippen LogP contribution in [0.15, 0.2) is 27.8 Å². The van der Waals surface area contributed by atoms with Crippen LogP contribution in [-0.2, 0) is 12.3 Å². The molecule has 2 rings (SSSR count). The molecule has 0 amide bonds. The minimum atomic E-state index is -0.258. The van der Waals surface area contributed by atoms with Gasteiger partial charge in [-0.05, 0) is 34.2 Å². The Morgan fingerprint density at radius 1 is 1.44 bits per heavy atom. The van der Waals surface area contributed by atoms with Crippen LogP contribution < -0.4 is 0 Å². The number of halogens is 2. The number of benzene rings is 1. The number of rotatable bonds is 5. The van der Waals surface area contributed by atoms with Gasteiger partial charge in [0.05, 0.1) is 13.2 Å². The van der Waals surface area contributed by atoms with Gasteiger partial charge in [-0.15, -0.1) is 5.10 Å². The molecule has 8 heteroatoms. The largest absolute Gasteiger partial charge is 0.394 e. The van der Waals surface area contributed by atoms with Crippen molar-refractivity contribution in [3.8, 4) is 0 Å². The van der Waals surface area contributed by atoms with E-state index in [1.54, 1.807) is 12.1 Å². The van der Waals surface area contributed by atoms with Gasteiger partial charge in [0.2, 0.25) is 5.16 Å². The summed E-state index contributed by atoms with van der Waals surface area (Å²) in [6.07, 6.45) is 0. The highest BCUT2D eigenvalue weighted by atomic mass is 79.9. The standard InChI is InChI=1S/C10H10BrFN4OS/c11-8-1-2-9(12)7(5-8)6-18-10-13-14-15-16(10)3-4-17/h1-2,5,17H,3-4,6H2. The average molecular weight is 333 g/mol. The smallest absolute Gasteiger partial charge is 0.209 e. The van der Waals surface area contributed by atoms with Gasteiger partial charge < -0.3 is 5.11 Å². The fourth-order valence-corrected chi connectivity index (χ4v) is 2.62. The maximum Gasteiger partial charge on any atom is 0.209 e. The van der Waals surface area contributed by atoms with E-state index in [9.17, 15) is 4.39 Å². The fraction of sp³-hybridized carbons (Fsp3) is 0.300. The third-order valence-electron chi connectivity index (χ3n) is 2.18. The monoisotopic (exact) mass is 332 g/mol. The molecule has 18 heavy (non-hydrogen) atoms. The number of hydrogen-bond acceptors (Lipinski definition) is 5. The van der Waals surface area contributed by atoms with Crippen LogP contribution in [0, 0.1) is 5.82 Å². The number of aromatic nitrogens is 4. The van der Waals surface area contributed by atoms with Crippen LogP contribution in [0.4, 0.5) is 4.39 Å². The molecule has 0 saturated heterocycles. The number of aliphatic hydroxyl groups excluding tert-OH is 1. The molecule has 1 heterocycles. The minimum Gasteiger partial charge on any atom is -0.394 e. The van der Waals surface area contributed by atoms with Crippen LogP contribution in [0.5, 0.6) is 0 Å². The Kier molecular flexibility index (Phi) is 4.67. The Labute approximate surface area is 116 Å². The van der Waals surface area contributed by atoms with Gasteiger partial charge in [-0.1, -0.05) is 27.7 Å². The Bertz CT molecular complexity index is 536. The summed E-state index contributed by atoms with van der Waals surface area (Å²) in [7, 11) is 0. The van der Waals surface area contributed by atoms with E-state index in [1.807, 2.05) is 0 Å². The first-order valence-electron chi connectivity index (χ1n) is 5.14. The summed E-state index contributed by atoms with van der Waals surface area (Å²) < 4.78 is 15.8. The van der Waals surface area contributed by atoms with Crippen molar-refractivity contribution in [2.45, 2.75) is 17.5 Å². The maximum atomic E-state index is 13.5. The van der Waals surface area contributed by atoms with Gasteiger partial charge in [0.15, 0.2) is 0 Å². The van der Waals surface area contributed by atoms with Crippen molar-refractivity contribution in [3.05, 3.63) is 34.1 Å². The van der Waals surface area contributed by atoms with Crippen LogP contribution in [0.2, 0.25) is 0 Å². The van der Waals surface area contributed by atoms with Crippen molar-refractivity contribution in [2.24, 2.45) is 0 Å². The van der Waals surface area contributed by atoms with Gasteiger partial charge in [-0.2, -0.15) is 0 Å². The van der Waals surface area contributed by atoms with Crippen molar-refractivity contribution in [2.75, 3.05) is 6.61 Å². The summed E-state index contributed by atoms with van der Waals surface area (Å²) in [4.78, 5) is 0. The molecular weight excluding hydrogens is 323 g/mol. The summed E-state index contributed by atoms with van der Waals surface area (Å²) in [5, 5.41) is 20.5. The quantitative estimate of drug-likeness (QED) is 0.846. The Balaban J connectivity index is 2.06. The van der Waals surface area contributed by atoms with Crippen molar-refractivity contribution in [3.63, 3.8) is 0 Å². The van der Waals surface area contributed by atoms with Crippen LogP contribution in [-0.4, -0.2) is 31.9 Å². The molecule has 0 aliphatic carbocycles. The lowest BCUT2D eigenvalue weighted by Gasteiger charge is -2.04. The molecule has 0 bridgehead atoms. The number of nitrogens with zero attached hydrogens (tertiary/aromatic N) is 4. The highest BCUT2D eigenvalue weighted by molar-refractivity contribution is 9.10. The fourth-order valence-electron chi connectivity index (χ4n) is 1.33. The zero-order valence-corrected chi connectivity index (χ0v) is 11.7. The van der Waals surface area contributed by atoms with Gasteiger partial charge in [-0.3, -0.25) is 0 Å². The van der Waals surface area contributed by atoms with E-state index in [0.29, 0.717) is 23.0 Å². The summed E-state index contributed by atoms with van der Waals surface area (Å²) in [6, 6.07) is 4.79. The molecule has 5 nitrogen and oxygen atoms in total. The van der Waals surface area contributed by atoms with Crippen LogP contribution in [0.1, 0.15) is 5.56 Å². The first-order chi connectivity index (χ1) is 8.70. The number of aliphatic hydroxyl groups is 1. The average Bonchev–Trinajstić information content (AvgIpc) is 2.78. The van der Waals surface area contributed by atoms with Crippen molar-refractivity contribution >= 4 is 27.7 Å². The van der Waals surface area contributed by atoms with Gasteiger partial charge in [0.1, 0.15) is 5.82 Å². The Hall–Kier alpha value is -0.990. The van der Waals surface area contributed by atoms with E-state index >= 15 is 0 Å². The lowest BCUT2D eigenvalue weighted by Crippen LogP contribution is -2.05. The molecule has 0 spiro atoms. The van der Waals surface area contributed by atoms with Crippen molar-refractivity contribution in [1.82, 2.24) is 20.2 Å². The molecule has 0 unspecified atom stereocenters. The summed E-state index contributed by atoms with van der Waals surface area (Å²) in [5.74, 6) is 0.170. The molecule has 0 saturated carbocycles. The third-order valence-corrected chi connectivity index (χ3v) is 3.67. The molecular formula is C10H10BrFN4OS. The lowest BCUT2D eigenvalue weighted by molar-refractivity contribution is 0.262. The van der Waals surface area contributed by atoms with E-state index in [1.165, 1.54) is 22.5 Å². The second-order valence-electron chi connectivity index (χ2n) is 3.43. The van der Waals surface area contributed by atoms with Gasteiger partial charge >= 0.3 is 0 Å². The van der Waals surface area contributed by atoms with Gasteiger partial charge in [0.25, 0.3) is 0 Å². The second kappa shape index (κ2) is 6.26. The molecule has 96 valence electrons. The van der Waals surface area contributed by atoms with Crippen molar-refractivity contribution < 1.29 is 9.50 Å². The summed E-state index contributed by atoms with van der Waals surface area (Å²) >= 11 is 4.62. The summed E-state index contributed by atoms with van der Waals surface area (Å²) in [6.45, 7) is 0.292. The third kappa shape index (κ3) is 3.27. The number of tetrazole rings is 1. The van der Waals surface area contributed by atoms with Crippen LogP contribution in [0.3, 0.4) is 0 Å². The van der Waals surface area contributed by atoms with Crippen molar-refractivity contribution in [1.29, 1.82) is 0 Å². The number of thioether (sulfide) groups is 1. The molecule has 0 aliphatic rings. The highest BCUT2D eigenvalue weighted by Crippen LogP contribution is 2.24. The molecule has 0 fully saturated rings. The highest BCUT2D eigenvalue weighted by Gasteiger charge is 2.09. The van der Waals surface area contributed by atoms with Gasteiger partial charge in [-0.25, -0.2) is 9.07 Å². The summed E-state index contributed by atoms with van der Waals surface area (Å²) in [5.41, 5.74) is 0.577. The predicted molar refractivity (Wildman–Crippen MR) is 68.6 cm³/mol. The minimum absolute atomic E-state index is 0.0379. The zero-order chi connectivity index (χ0) is 13.0. The van der Waals surface area contributed by atoms with E-state index in [0.717, 1.165) is 4.47 Å². The molecule has 1 aromatic heterocycles. The van der Waals surface area contributed by atoms with Crippen LogP contribution in [0.25, 0.3) is 0 Å². The maximum absolute atomic E-state index is 13.5. The normalized spacial score (nSPS) is 10.8. The van der Waals surface area contributed by atoms with Crippen LogP contribution >= 0.6 is 27.7 Å². The molecule has 1 aromatic carbocycles. The first kappa shape index (κ1) is 13.4. The predicted octanol–water partition coefficient (Wildman–Crippen LogP) is 1.86. The van der Waals surface area contributed by atoms with E-state index in [2.05, 4.69) is 31.5 Å². The van der Waals surface area contributed by atoms with E-state index < -0.39 is 0 Å². The molecule has 0 atom stereocenters. The molecule has 0 aliphatic heterocycles. The molecule has 0 radical (unpaired) electrons. The topological polar surface area (TPSA) is 63.8 Å². The second-order valence-corrected chi connectivity index (χ2v) is 5.29. The van der Waals surface area contributed by atoms with E-state index in [-0.39, 0.29) is 12.4 Å². The van der Waals surface area contributed by atoms with Gasteiger partial charge in [0, 0.05) is 10.2 Å². The first-order valence-corrected chi connectivity index (χ1v) is 6.92. The lowest BCUT2D eigenvalue weighted by atomic mass is 10.2. The molecule has 2 aromatic rings. The molecule has 1 N–H and O–H groups in total. The SMILES string of the molecule is OCCn1nnnc1SCc1cc(Br)ccc1F.